The van der Waals surface area contributed by atoms with E-state index in [9.17, 15) is 4.79 Å². The zero-order chi connectivity index (χ0) is 13.7. The van der Waals surface area contributed by atoms with E-state index >= 15 is 0 Å². The second kappa shape index (κ2) is 6.98. The molecule has 0 saturated carbocycles. The summed E-state index contributed by atoms with van der Waals surface area (Å²) in [5.41, 5.74) is 0.573. The molecule has 0 heterocycles. The molecule has 0 saturated heterocycles. The van der Waals surface area contributed by atoms with E-state index in [1.807, 2.05) is 13.8 Å². The van der Waals surface area contributed by atoms with Gasteiger partial charge in [0.05, 0.1) is 16.8 Å². The standard InChI is InChI=1S/C13H18Cl2N2O/c1-4-8(2)16-9(3)13(18)17-12-6-5-10(14)7-11(12)15/h5-9,16H,4H2,1-3H3,(H,17,18)/t8-,9-/m0/s1. The van der Waals surface area contributed by atoms with Crippen LogP contribution >= 0.6 is 23.2 Å². The van der Waals surface area contributed by atoms with Crippen molar-refractivity contribution >= 4 is 34.8 Å². The molecular weight excluding hydrogens is 271 g/mol. The quantitative estimate of drug-likeness (QED) is 0.867. The smallest absolute Gasteiger partial charge is 0.241 e. The minimum Gasteiger partial charge on any atom is -0.323 e. The molecule has 0 unspecified atom stereocenters. The Hall–Kier alpha value is -0.770. The monoisotopic (exact) mass is 288 g/mol. The number of rotatable bonds is 5. The van der Waals surface area contributed by atoms with Crippen molar-refractivity contribution in [2.45, 2.75) is 39.3 Å². The summed E-state index contributed by atoms with van der Waals surface area (Å²) in [5, 5.41) is 6.96. The van der Waals surface area contributed by atoms with Crippen LogP contribution in [0.15, 0.2) is 18.2 Å². The predicted octanol–water partition coefficient (Wildman–Crippen LogP) is 3.71. The molecule has 18 heavy (non-hydrogen) atoms. The fourth-order valence-electron chi connectivity index (χ4n) is 1.45. The predicted molar refractivity (Wildman–Crippen MR) is 77.4 cm³/mol. The lowest BCUT2D eigenvalue weighted by Gasteiger charge is -2.18. The Kier molecular flexibility index (Phi) is 5.93. The van der Waals surface area contributed by atoms with E-state index in [2.05, 4.69) is 17.6 Å². The maximum absolute atomic E-state index is 11.9. The summed E-state index contributed by atoms with van der Waals surface area (Å²) in [5.74, 6) is -0.112. The highest BCUT2D eigenvalue weighted by molar-refractivity contribution is 6.36. The number of halogens is 2. The first-order valence-corrected chi connectivity index (χ1v) is 6.71. The number of hydrogen-bond acceptors (Lipinski definition) is 2. The zero-order valence-electron chi connectivity index (χ0n) is 10.8. The molecule has 2 N–H and O–H groups in total. The third-order valence-electron chi connectivity index (χ3n) is 2.73. The molecule has 0 aliphatic rings. The average Bonchev–Trinajstić information content (AvgIpc) is 2.32. The molecule has 1 aromatic rings. The van der Waals surface area contributed by atoms with Gasteiger partial charge >= 0.3 is 0 Å². The summed E-state index contributed by atoms with van der Waals surface area (Å²) in [6.07, 6.45) is 0.972. The van der Waals surface area contributed by atoms with Crippen LogP contribution in [-0.2, 0) is 4.79 Å². The van der Waals surface area contributed by atoms with Crippen molar-refractivity contribution in [2.24, 2.45) is 0 Å². The highest BCUT2D eigenvalue weighted by Crippen LogP contribution is 2.25. The second-order valence-electron chi connectivity index (χ2n) is 4.31. The first-order chi connectivity index (χ1) is 8.43. The topological polar surface area (TPSA) is 41.1 Å². The lowest BCUT2D eigenvalue weighted by Crippen LogP contribution is -2.42. The van der Waals surface area contributed by atoms with E-state index in [-0.39, 0.29) is 11.9 Å². The molecule has 1 aromatic carbocycles. The Balaban J connectivity index is 2.64. The molecule has 0 spiro atoms. The van der Waals surface area contributed by atoms with Crippen LogP contribution in [0.3, 0.4) is 0 Å². The molecule has 0 radical (unpaired) electrons. The van der Waals surface area contributed by atoms with Crippen LogP contribution in [0.5, 0.6) is 0 Å². The van der Waals surface area contributed by atoms with Crippen LogP contribution in [0.4, 0.5) is 5.69 Å². The highest BCUT2D eigenvalue weighted by atomic mass is 35.5. The summed E-state index contributed by atoms with van der Waals surface area (Å²) in [4.78, 5) is 11.9. The molecule has 100 valence electrons. The molecule has 1 amide bonds. The molecule has 0 aliphatic heterocycles. The van der Waals surface area contributed by atoms with Crippen molar-refractivity contribution in [3.8, 4) is 0 Å². The van der Waals surface area contributed by atoms with E-state index in [0.717, 1.165) is 6.42 Å². The number of amides is 1. The normalized spacial score (nSPS) is 14.1. The molecule has 0 bridgehead atoms. The number of carbonyl (C=O) groups excluding carboxylic acids is 1. The highest BCUT2D eigenvalue weighted by Gasteiger charge is 2.15. The second-order valence-corrected chi connectivity index (χ2v) is 5.15. The fraction of sp³-hybridized carbons (Fsp3) is 0.462. The van der Waals surface area contributed by atoms with Gasteiger partial charge in [-0.3, -0.25) is 4.79 Å². The summed E-state index contributed by atoms with van der Waals surface area (Å²) in [6, 6.07) is 5.01. The number of benzene rings is 1. The maximum atomic E-state index is 11.9. The Morgan fingerprint density at radius 1 is 1.33 bits per heavy atom. The van der Waals surface area contributed by atoms with Crippen molar-refractivity contribution in [1.29, 1.82) is 0 Å². The van der Waals surface area contributed by atoms with Crippen LogP contribution in [-0.4, -0.2) is 18.0 Å². The van der Waals surface area contributed by atoms with Crippen LogP contribution in [0.25, 0.3) is 0 Å². The number of carbonyl (C=O) groups is 1. The summed E-state index contributed by atoms with van der Waals surface area (Å²) >= 11 is 11.8. The van der Waals surface area contributed by atoms with Crippen LogP contribution < -0.4 is 10.6 Å². The third-order valence-corrected chi connectivity index (χ3v) is 3.28. The average molecular weight is 289 g/mol. The first-order valence-electron chi connectivity index (χ1n) is 5.96. The van der Waals surface area contributed by atoms with Gasteiger partial charge in [-0.1, -0.05) is 30.1 Å². The van der Waals surface area contributed by atoms with E-state index < -0.39 is 0 Å². The lowest BCUT2D eigenvalue weighted by atomic mass is 10.2. The summed E-state index contributed by atoms with van der Waals surface area (Å²) in [6.45, 7) is 5.93. The van der Waals surface area contributed by atoms with E-state index in [1.54, 1.807) is 18.2 Å². The van der Waals surface area contributed by atoms with Crippen molar-refractivity contribution in [3.05, 3.63) is 28.2 Å². The molecule has 1 rings (SSSR count). The minimum absolute atomic E-state index is 0.112. The number of hydrogen-bond donors (Lipinski definition) is 2. The Morgan fingerprint density at radius 3 is 2.56 bits per heavy atom. The summed E-state index contributed by atoms with van der Waals surface area (Å²) in [7, 11) is 0. The Bertz CT molecular complexity index is 423. The summed E-state index contributed by atoms with van der Waals surface area (Å²) < 4.78 is 0. The number of nitrogens with one attached hydrogen (secondary N) is 2. The Labute approximate surface area is 118 Å². The van der Waals surface area contributed by atoms with Crippen molar-refractivity contribution in [2.75, 3.05) is 5.32 Å². The third kappa shape index (κ3) is 4.48. The van der Waals surface area contributed by atoms with E-state index in [0.29, 0.717) is 21.8 Å². The van der Waals surface area contributed by atoms with Crippen LogP contribution in [0.1, 0.15) is 27.2 Å². The number of anilines is 1. The van der Waals surface area contributed by atoms with Gasteiger partial charge < -0.3 is 10.6 Å². The maximum Gasteiger partial charge on any atom is 0.241 e. The van der Waals surface area contributed by atoms with Gasteiger partial charge in [-0.25, -0.2) is 0 Å². The first kappa shape index (κ1) is 15.3. The molecule has 2 atom stereocenters. The molecule has 5 heteroatoms. The molecular formula is C13H18Cl2N2O. The van der Waals surface area contributed by atoms with Gasteiger partial charge in [-0.05, 0) is 38.5 Å². The largest absolute Gasteiger partial charge is 0.323 e. The van der Waals surface area contributed by atoms with Crippen molar-refractivity contribution in [1.82, 2.24) is 5.32 Å². The zero-order valence-corrected chi connectivity index (χ0v) is 12.3. The SMILES string of the molecule is CC[C@H](C)N[C@@H](C)C(=O)Nc1ccc(Cl)cc1Cl. The van der Waals surface area contributed by atoms with E-state index in [1.165, 1.54) is 0 Å². The van der Waals surface area contributed by atoms with E-state index in [4.69, 9.17) is 23.2 Å². The van der Waals surface area contributed by atoms with Gasteiger partial charge in [0.2, 0.25) is 5.91 Å². The van der Waals surface area contributed by atoms with Crippen molar-refractivity contribution in [3.63, 3.8) is 0 Å². The lowest BCUT2D eigenvalue weighted by molar-refractivity contribution is -0.117. The van der Waals surface area contributed by atoms with Crippen LogP contribution in [0.2, 0.25) is 10.0 Å². The van der Waals surface area contributed by atoms with Gasteiger partial charge in [-0.15, -0.1) is 0 Å². The van der Waals surface area contributed by atoms with Gasteiger partial charge in [0.1, 0.15) is 0 Å². The molecule has 0 fully saturated rings. The van der Waals surface area contributed by atoms with Gasteiger partial charge in [0.25, 0.3) is 0 Å². The molecule has 0 aromatic heterocycles. The van der Waals surface area contributed by atoms with Gasteiger partial charge in [-0.2, -0.15) is 0 Å². The minimum atomic E-state index is -0.272. The fourth-order valence-corrected chi connectivity index (χ4v) is 1.91. The van der Waals surface area contributed by atoms with Crippen molar-refractivity contribution < 1.29 is 4.79 Å². The van der Waals surface area contributed by atoms with Gasteiger partial charge in [0.15, 0.2) is 0 Å². The molecule has 0 aliphatic carbocycles. The Morgan fingerprint density at radius 2 is 2.00 bits per heavy atom. The van der Waals surface area contributed by atoms with Gasteiger partial charge in [0, 0.05) is 11.1 Å². The molecule has 3 nitrogen and oxygen atoms in total. The van der Waals surface area contributed by atoms with Crippen LogP contribution in [0, 0.1) is 0 Å².